The number of rotatable bonds is 7. The lowest BCUT2D eigenvalue weighted by atomic mass is 9.81. The van der Waals surface area contributed by atoms with Crippen LogP contribution in [0, 0.1) is 6.92 Å². The lowest BCUT2D eigenvalue weighted by Gasteiger charge is -2.22. The molecule has 9 rings (SSSR count). The van der Waals surface area contributed by atoms with Gasteiger partial charge in [0, 0.05) is 5.71 Å². The van der Waals surface area contributed by atoms with Gasteiger partial charge in [0.15, 0.2) is 0 Å². The second kappa shape index (κ2) is 14.5. The Labute approximate surface area is 318 Å². The Kier molecular flexibility index (Phi) is 8.91. The average Bonchev–Trinajstić information content (AvgIpc) is 3.24. The minimum absolute atomic E-state index is 1.00. The SMILES string of the molecule is CC(=Nc1ccccc1C)c1cccc(-c2ccc3c(-c4ccccc4C4=CCCC=C4)c4ccccc4c(-c4ccccc4-c4ccccc4)c3c2)c1. The molecule has 54 heavy (non-hydrogen) atoms. The Balaban J connectivity index is 1.33. The van der Waals surface area contributed by atoms with Crippen molar-refractivity contribution in [2.24, 2.45) is 4.99 Å². The summed E-state index contributed by atoms with van der Waals surface area (Å²) < 4.78 is 0. The fourth-order valence-corrected chi connectivity index (χ4v) is 8.13. The first-order valence-corrected chi connectivity index (χ1v) is 19.0. The Morgan fingerprint density at radius 2 is 1.06 bits per heavy atom. The van der Waals surface area contributed by atoms with Gasteiger partial charge in [-0.3, -0.25) is 4.99 Å². The van der Waals surface area contributed by atoms with Gasteiger partial charge in [-0.15, -0.1) is 0 Å². The first-order valence-electron chi connectivity index (χ1n) is 19.0. The molecule has 0 heterocycles. The van der Waals surface area contributed by atoms with Crippen LogP contribution in [0.25, 0.3) is 71.6 Å². The standard InChI is InChI=1S/C53H41N/c1-36-18-9-16-31-51(36)54-37(2)40-23-17-24-41(34-40)42-32-33-49-50(35-42)53(46-28-13-11-26-44(46)39-21-7-4-8-22-39)48-30-15-14-29-47(48)52(49)45-27-12-10-25-43(45)38-19-5-3-6-20-38/h4-5,7-35H,3,6H2,1-2H3. The predicted molar refractivity (Wildman–Crippen MR) is 233 cm³/mol. The van der Waals surface area contributed by atoms with E-state index in [9.17, 15) is 0 Å². The highest BCUT2D eigenvalue weighted by molar-refractivity contribution is 6.23. The topological polar surface area (TPSA) is 12.4 Å². The molecule has 0 spiro atoms. The molecular weight excluding hydrogens is 651 g/mol. The largest absolute Gasteiger partial charge is 0.253 e. The summed E-state index contributed by atoms with van der Waals surface area (Å²) in [4.78, 5) is 5.04. The van der Waals surface area contributed by atoms with E-state index in [0.717, 1.165) is 29.8 Å². The number of aryl methyl sites for hydroxylation is 1. The summed E-state index contributed by atoms with van der Waals surface area (Å²) in [6, 6.07) is 61.9. The first kappa shape index (κ1) is 33.3. The van der Waals surface area contributed by atoms with E-state index in [1.165, 1.54) is 82.8 Å². The van der Waals surface area contributed by atoms with Gasteiger partial charge in [-0.1, -0.05) is 170 Å². The van der Waals surface area contributed by atoms with Crippen LogP contribution < -0.4 is 0 Å². The maximum absolute atomic E-state index is 5.04. The van der Waals surface area contributed by atoms with Gasteiger partial charge in [-0.05, 0) is 133 Å². The number of benzene rings is 8. The summed E-state index contributed by atoms with van der Waals surface area (Å²) in [5.74, 6) is 0. The minimum atomic E-state index is 1.00. The third kappa shape index (κ3) is 6.18. The normalized spacial score (nSPS) is 13.0. The predicted octanol–water partition coefficient (Wildman–Crippen LogP) is 14.8. The summed E-state index contributed by atoms with van der Waals surface area (Å²) in [5.41, 5.74) is 16.7. The lowest BCUT2D eigenvalue weighted by molar-refractivity contribution is 1.04. The fraction of sp³-hybridized carbons (Fsp3) is 0.0755. The van der Waals surface area contributed by atoms with E-state index < -0.39 is 0 Å². The highest BCUT2D eigenvalue weighted by Crippen LogP contribution is 2.48. The fourth-order valence-electron chi connectivity index (χ4n) is 8.13. The molecular formula is C53H41N. The van der Waals surface area contributed by atoms with E-state index >= 15 is 0 Å². The van der Waals surface area contributed by atoms with Crippen molar-refractivity contribution in [3.63, 3.8) is 0 Å². The molecule has 0 bridgehead atoms. The number of aliphatic imine (C=N–C) groups is 1. The zero-order chi connectivity index (χ0) is 36.4. The molecule has 0 N–H and O–H groups in total. The van der Waals surface area contributed by atoms with Gasteiger partial charge >= 0.3 is 0 Å². The van der Waals surface area contributed by atoms with Gasteiger partial charge in [-0.2, -0.15) is 0 Å². The first-order chi connectivity index (χ1) is 26.6. The van der Waals surface area contributed by atoms with Crippen molar-refractivity contribution >= 4 is 38.5 Å². The van der Waals surface area contributed by atoms with Crippen molar-refractivity contribution in [2.45, 2.75) is 26.7 Å². The van der Waals surface area contributed by atoms with Crippen LogP contribution in [0.15, 0.2) is 193 Å². The molecule has 0 fully saturated rings. The minimum Gasteiger partial charge on any atom is -0.253 e. The summed E-state index contributed by atoms with van der Waals surface area (Å²) in [7, 11) is 0. The lowest BCUT2D eigenvalue weighted by Crippen LogP contribution is -1.97. The average molecular weight is 692 g/mol. The number of para-hydroxylation sites is 1. The van der Waals surface area contributed by atoms with E-state index in [1.54, 1.807) is 0 Å². The van der Waals surface area contributed by atoms with E-state index in [0.29, 0.717) is 0 Å². The summed E-state index contributed by atoms with van der Waals surface area (Å²) >= 11 is 0. The Morgan fingerprint density at radius 3 is 1.80 bits per heavy atom. The molecule has 0 atom stereocenters. The Hall–Kier alpha value is -6.57. The highest BCUT2D eigenvalue weighted by Gasteiger charge is 2.21. The van der Waals surface area contributed by atoms with Crippen LogP contribution in [-0.4, -0.2) is 5.71 Å². The smallest absolute Gasteiger partial charge is 0.0662 e. The number of nitrogens with zero attached hydrogens (tertiary/aromatic N) is 1. The van der Waals surface area contributed by atoms with Gasteiger partial charge in [0.05, 0.1) is 5.69 Å². The Bertz CT molecular complexity index is 2780. The zero-order valence-corrected chi connectivity index (χ0v) is 30.8. The molecule has 1 heteroatoms. The third-order valence-electron chi connectivity index (χ3n) is 10.8. The van der Waals surface area contributed by atoms with E-state index in [4.69, 9.17) is 4.99 Å². The van der Waals surface area contributed by atoms with Crippen LogP contribution >= 0.6 is 0 Å². The highest BCUT2D eigenvalue weighted by atomic mass is 14.7. The van der Waals surface area contributed by atoms with Gasteiger partial charge < -0.3 is 0 Å². The van der Waals surface area contributed by atoms with Crippen molar-refractivity contribution < 1.29 is 0 Å². The van der Waals surface area contributed by atoms with E-state index in [2.05, 4.69) is 202 Å². The van der Waals surface area contributed by atoms with Crippen molar-refractivity contribution in [2.75, 3.05) is 0 Å². The molecule has 8 aromatic rings. The second-order valence-electron chi connectivity index (χ2n) is 14.2. The van der Waals surface area contributed by atoms with Gasteiger partial charge in [-0.25, -0.2) is 0 Å². The van der Waals surface area contributed by atoms with E-state index in [-0.39, 0.29) is 0 Å². The molecule has 1 nitrogen and oxygen atoms in total. The molecule has 0 amide bonds. The van der Waals surface area contributed by atoms with Crippen molar-refractivity contribution in [3.8, 4) is 44.5 Å². The van der Waals surface area contributed by atoms with Crippen LogP contribution in [0.4, 0.5) is 5.69 Å². The monoisotopic (exact) mass is 691 g/mol. The van der Waals surface area contributed by atoms with Crippen LogP contribution in [-0.2, 0) is 0 Å². The molecule has 1 aliphatic carbocycles. The van der Waals surface area contributed by atoms with Gasteiger partial charge in [0.1, 0.15) is 0 Å². The molecule has 0 aromatic heterocycles. The summed E-state index contributed by atoms with van der Waals surface area (Å²) in [6.07, 6.45) is 9.15. The summed E-state index contributed by atoms with van der Waals surface area (Å²) in [5, 5.41) is 4.99. The molecule has 0 saturated carbocycles. The van der Waals surface area contributed by atoms with Crippen molar-refractivity contribution in [1.82, 2.24) is 0 Å². The van der Waals surface area contributed by atoms with Gasteiger partial charge in [0.25, 0.3) is 0 Å². The molecule has 0 saturated heterocycles. The van der Waals surface area contributed by atoms with Gasteiger partial charge in [0.2, 0.25) is 0 Å². The zero-order valence-electron chi connectivity index (χ0n) is 30.8. The summed E-state index contributed by atoms with van der Waals surface area (Å²) in [6.45, 7) is 4.22. The number of hydrogen-bond acceptors (Lipinski definition) is 1. The number of hydrogen-bond donors (Lipinski definition) is 0. The number of allylic oxidation sites excluding steroid dienone is 4. The molecule has 0 aliphatic heterocycles. The van der Waals surface area contributed by atoms with Crippen LogP contribution in [0.3, 0.4) is 0 Å². The molecule has 0 unspecified atom stereocenters. The molecule has 8 aromatic carbocycles. The Morgan fingerprint density at radius 1 is 0.463 bits per heavy atom. The van der Waals surface area contributed by atoms with Crippen LogP contribution in [0.5, 0.6) is 0 Å². The maximum Gasteiger partial charge on any atom is 0.0662 e. The van der Waals surface area contributed by atoms with Crippen molar-refractivity contribution in [3.05, 3.63) is 205 Å². The van der Waals surface area contributed by atoms with Crippen molar-refractivity contribution in [1.29, 1.82) is 0 Å². The van der Waals surface area contributed by atoms with Crippen LogP contribution in [0.2, 0.25) is 0 Å². The third-order valence-corrected chi connectivity index (χ3v) is 10.8. The van der Waals surface area contributed by atoms with E-state index in [1.807, 2.05) is 0 Å². The molecule has 0 radical (unpaired) electrons. The second-order valence-corrected chi connectivity index (χ2v) is 14.2. The molecule has 258 valence electrons. The number of fused-ring (bicyclic) bond motifs is 2. The maximum atomic E-state index is 5.04. The van der Waals surface area contributed by atoms with Crippen LogP contribution in [0.1, 0.15) is 36.5 Å². The quantitative estimate of drug-likeness (QED) is 0.117. The molecule has 1 aliphatic rings.